The van der Waals surface area contributed by atoms with Gasteiger partial charge in [-0.2, -0.15) is 0 Å². The lowest BCUT2D eigenvalue weighted by Gasteiger charge is -2.30. The average Bonchev–Trinajstić information content (AvgIpc) is 2.46. The molecule has 1 aromatic rings. The molecule has 1 fully saturated rings. The average molecular weight is 314 g/mol. The van der Waals surface area contributed by atoms with E-state index in [1.165, 1.54) is 0 Å². The van der Waals surface area contributed by atoms with Crippen LogP contribution in [-0.4, -0.2) is 21.3 Å². The molecule has 1 aromatic heterocycles. The van der Waals surface area contributed by atoms with Crippen molar-refractivity contribution >= 4 is 15.9 Å². The van der Waals surface area contributed by atoms with Crippen molar-refractivity contribution in [3.05, 3.63) is 28.5 Å². The Morgan fingerprint density at radius 1 is 1.44 bits per heavy atom. The maximum atomic E-state index is 10.6. The van der Waals surface area contributed by atoms with Crippen molar-refractivity contribution in [1.82, 2.24) is 4.98 Å². The Hall–Kier alpha value is -0.450. The van der Waals surface area contributed by atoms with Crippen LogP contribution in [0, 0.1) is 5.92 Å². The third-order valence-corrected chi connectivity index (χ3v) is 4.26. The number of hydrogen-bond acceptors (Lipinski definition) is 3. The van der Waals surface area contributed by atoms with Crippen LogP contribution in [0.5, 0.6) is 0 Å². The Bertz CT molecular complexity index is 445. The van der Waals surface area contributed by atoms with Crippen molar-refractivity contribution in [2.24, 2.45) is 5.92 Å². The molecule has 0 spiro atoms. The van der Waals surface area contributed by atoms with Gasteiger partial charge in [-0.3, -0.25) is 4.98 Å². The molecule has 3 nitrogen and oxygen atoms in total. The standard InChI is InChI=1S/C14H20BrNO2/c1-13(2)8-9(14(3,4)18-13)12(17)11-10(15)6-5-7-16-11/h5-7,9,12,17H,8H2,1-4H3. The molecule has 0 bridgehead atoms. The molecule has 2 rings (SSSR count). The highest BCUT2D eigenvalue weighted by atomic mass is 79.9. The second kappa shape index (κ2) is 4.58. The van der Waals surface area contributed by atoms with E-state index in [0.717, 1.165) is 10.9 Å². The first-order chi connectivity index (χ1) is 8.23. The number of aliphatic hydroxyl groups excluding tert-OH is 1. The molecule has 0 amide bonds. The van der Waals surface area contributed by atoms with E-state index in [0.29, 0.717) is 5.69 Å². The second-order valence-corrected chi connectivity index (χ2v) is 6.95. The van der Waals surface area contributed by atoms with E-state index in [9.17, 15) is 5.11 Å². The van der Waals surface area contributed by atoms with Crippen LogP contribution >= 0.6 is 15.9 Å². The molecule has 1 aliphatic heterocycles. The topological polar surface area (TPSA) is 42.4 Å². The SMILES string of the molecule is CC1(C)CC(C(O)c2ncccc2Br)C(C)(C)O1. The molecule has 100 valence electrons. The largest absolute Gasteiger partial charge is 0.386 e. The van der Waals surface area contributed by atoms with Crippen molar-refractivity contribution in [3.8, 4) is 0 Å². The highest BCUT2D eigenvalue weighted by Gasteiger charge is 2.49. The van der Waals surface area contributed by atoms with Crippen molar-refractivity contribution in [3.63, 3.8) is 0 Å². The van der Waals surface area contributed by atoms with Gasteiger partial charge in [-0.1, -0.05) is 0 Å². The Labute approximate surface area is 117 Å². The number of pyridine rings is 1. The summed E-state index contributed by atoms with van der Waals surface area (Å²) < 4.78 is 6.87. The number of ether oxygens (including phenoxy) is 1. The third kappa shape index (κ3) is 2.60. The maximum absolute atomic E-state index is 10.6. The van der Waals surface area contributed by atoms with Crippen LogP contribution in [0.3, 0.4) is 0 Å². The van der Waals surface area contributed by atoms with E-state index in [1.807, 2.05) is 26.0 Å². The van der Waals surface area contributed by atoms with Gasteiger partial charge in [0, 0.05) is 16.6 Å². The third-order valence-electron chi connectivity index (χ3n) is 3.59. The fourth-order valence-corrected chi connectivity index (χ4v) is 3.39. The molecular weight excluding hydrogens is 294 g/mol. The van der Waals surface area contributed by atoms with E-state index < -0.39 is 6.10 Å². The van der Waals surface area contributed by atoms with E-state index in [1.54, 1.807) is 6.20 Å². The summed E-state index contributed by atoms with van der Waals surface area (Å²) in [6.45, 7) is 8.20. The molecule has 1 aliphatic rings. The summed E-state index contributed by atoms with van der Waals surface area (Å²) in [6.07, 6.45) is 1.92. The minimum atomic E-state index is -0.614. The minimum absolute atomic E-state index is 0.0405. The summed E-state index contributed by atoms with van der Waals surface area (Å²) in [5, 5.41) is 10.6. The predicted molar refractivity (Wildman–Crippen MR) is 74.2 cm³/mol. The lowest BCUT2D eigenvalue weighted by molar-refractivity contribution is -0.0884. The highest BCUT2D eigenvalue weighted by molar-refractivity contribution is 9.10. The smallest absolute Gasteiger partial charge is 0.103 e. The van der Waals surface area contributed by atoms with Gasteiger partial charge in [0.1, 0.15) is 6.10 Å². The number of aliphatic hydroxyl groups is 1. The maximum Gasteiger partial charge on any atom is 0.103 e. The fraction of sp³-hybridized carbons (Fsp3) is 0.643. The van der Waals surface area contributed by atoms with Gasteiger partial charge >= 0.3 is 0 Å². The van der Waals surface area contributed by atoms with Crippen LogP contribution < -0.4 is 0 Å². The van der Waals surface area contributed by atoms with Crippen molar-refractivity contribution < 1.29 is 9.84 Å². The minimum Gasteiger partial charge on any atom is -0.386 e. The van der Waals surface area contributed by atoms with Gasteiger partial charge in [-0.05, 0) is 62.2 Å². The first-order valence-corrected chi connectivity index (χ1v) is 7.01. The molecule has 4 heteroatoms. The van der Waals surface area contributed by atoms with Gasteiger partial charge in [0.2, 0.25) is 0 Å². The highest BCUT2D eigenvalue weighted by Crippen LogP contribution is 2.48. The summed E-state index contributed by atoms with van der Waals surface area (Å²) in [5.74, 6) is 0.0405. The number of rotatable bonds is 2. The van der Waals surface area contributed by atoms with Gasteiger partial charge < -0.3 is 9.84 Å². The van der Waals surface area contributed by atoms with Gasteiger partial charge in [0.15, 0.2) is 0 Å². The van der Waals surface area contributed by atoms with Crippen LogP contribution in [0.15, 0.2) is 22.8 Å². The normalized spacial score (nSPS) is 27.1. The van der Waals surface area contributed by atoms with Crippen molar-refractivity contribution in [1.29, 1.82) is 0 Å². The fourth-order valence-electron chi connectivity index (χ4n) is 2.90. The van der Waals surface area contributed by atoms with E-state index >= 15 is 0 Å². The molecule has 2 heterocycles. The number of hydrogen-bond donors (Lipinski definition) is 1. The van der Waals surface area contributed by atoms with Gasteiger partial charge in [0.25, 0.3) is 0 Å². The van der Waals surface area contributed by atoms with Gasteiger partial charge in [0.05, 0.1) is 16.9 Å². The molecule has 0 radical (unpaired) electrons. The molecule has 0 saturated carbocycles. The molecule has 1 saturated heterocycles. The lowest BCUT2D eigenvalue weighted by atomic mass is 9.82. The zero-order valence-electron chi connectivity index (χ0n) is 11.3. The van der Waals surface area contributed by atoms with Gasteiger partial charge in [-0.25, -0.2) is 0 Å². The van der Waals surface area contributed by atoms with Crippen LogP contribution in [0.2, 0.25) is 0 Å². The summed E-state index contributed by atoms with van der Waals surface area (Å²) in [4.78, 5) is 4.28. The van der Waals surface area contributed by atoms with E-state index in [4.69, 9.17) is 4.74 Å². The molecule has 0 aliphatic carbocycles. The van der Waals surface area contributed by atoms with Crippen LogP contribution in [-0.2, 0) is 4.74 Å². The van der Waals surface area contributed by atoms with Crippen molar-refractivity contribution in [2.75, 3.05) is 0 Å². The molecular formula is C14H20BrNO2. The molecule has 18 heavy (non-hydrogen) atoms. The quantitative estimate of drug-likeness (QED) is 0.909. The zero-order valence-corrected chi connectivity index (χ0v) is 12.9. The summed E-state index contributed by atoms with van der Waals surface area (Å²) in [7, 11) is 0. The number of halogens is 1. The molecule has 1 N–H and O–H groups in total. The lowest BCUT2D eigenvalue weighted by Crippen LogP contribution is -2.33. The van der Waals surface area contributed by atoms with Crippen LogP contribution in [0.4, 0.5) is 0 Å². The number of aromatic nitrogens is 1. The van der Waals surface area contributed by atoms with Crippen LogP contribution in [0.1, 0.15) is 45.9 Å². The zero-order chi connectivity index (χ0) is 13.6. The predicted octanol–water partition coefficient (Wildman–Crippen LogP) is 3.47. The summed E-state index contributed by atoms with van der Waals surface area (Å²) >= 11 is 3.45. The summed E-state index contributed by atoms with van der Waals surface area (Å²) in [6, 6.07) is 3.75. The molecule has 2 unspecified atom stereocenters. The number of nitrogens with zero attached hydrogens (tertiary/aromatic N) is 1. The van der Waals surface area contributed by atoms with E-state index in [2.05, 4.69) is 34.8 Å². The van der Waals surface area contributed by atoms with Gasteiger partial charge in [-0.15, -0.1) is 0 Å². The monoisotopic (exact) mass is 313 g/mol. The Kier molecular flexibility index (Phi) is 3.56. The molecule has 0 aromatic carbocycles. The first-order valence-electron chi connectivity index (χ1n) is 6.22. The second-order valence-electron chi connectivity index (χ2n) is 6.09. The Balaban J connectivity index is 2.30. The Morgan fingerprint density at radius 2 is 2.11 bits per heavy atom. The van der Waals surface area contributed by atoms with Crippen molar-refractivity contribution in [2.45, 2.75) is 51.4 Å². The Morgan fingerprint density at radius 3 is 2.61 bits per heavy atom. The summed E-state index contributed by atoms with van der Waals surface area (Å²) in [5.41, 5.74) is 0.146. The first kappa shape index (κ1) is 14.0. The van der Waals surface area contributed by atoms with Crippen LogP contribution in [0.25, 0.3) is 0 Å². The van der Waals surface area contributed by atoms with E-state index in [-0.39, 0.29) is 17.1 Å². The molecule has 2 atom stereocenters.